The molecule has 0 aliphatic rings. The number of hydrogen-bond donors (Lipinski definition) is 19. The Kier molecular flexibility index (Phi) is 74.0. The standard InChI is InChI=1S/C37H73N3O11.C16H34N2O8.C11H25NO7/c1-3-5-6-9-14-34(43)38-17-22-46-25-28-49-31-37(4-2,32-50-29-26-47-23-18-39-35(44)15-10-7-12-20-41)33-51-30-27-48-24-19-40-36(45)16-11-8-13-21-42;19-7-3-1-2-4-14(23)18-6-9-26-8-5-17-10-12(21)15(24)16(25)13(22)11-20;1-18-4-5-19-3-2-12-6-8(14)10(16)11(17)9(15)7-13/h41-42H,3-33H2,1-2H3,(H,38,43)(H,39,44)(H,40,45);12-13,15-17,19-22,24-25H,1-11H2,(H,18,23);8-17H,2-7H2,1H3/t;12-,13-,15+,16-;8-,9-,10+,11-/m.00/s1. The van der Waals surface area contributed by atoms with Gasteiger partial charge in [-0.3, -0.25) is 19.2 Å². The molecule has 4 amide bonds. The van der Waals surface area contributed by atoms with Crippen LogP contribution >= 0.6 is 0 Å². The monoisotopic (exact) mass is 1400 g/mol. The number of carbonyl (C=O) groups is 4. The highest BCUT2D eigenvalue weighted by atomic mass is 16.5. The van der Waals surface area contributed by atoms with Gasteiger partial charge in [-0.1, -0.05) is 52.4 Å². The number of ether oxygens (including phenoxy) is 9. The zero-order chi connectivity index (χ0) is 72.0. The summed E-state index contributed by atoms with van der Waals surface area (Å²) in [5.74, 6) is -0.00511. The average Bonchev–Trinajstić information content (AvgIpc) is 1.60. The van der Waals surface area contributed by atoms with Crippen molar-refractivity contribution in [2.45, 2.75) is 178 Å². The molecule has 0 rings (SSSR count). The highest BCUT2D eigenvalue weighted by molar-refractivity contribution is 5.76. The summed E-state index contributed by atoms with van der Waals surface area (Å²) in [6.07, 6.45) is 1.94. The van der Waals surface area contributed by atoms with Crippen molar-refractivity contribution in [3.8, 4) is 0 Å². The van der Waals surface area contributed by atoms with Crippen LogP contribution in [0.3, 0.4) is 0 Å². The van der Waals surface area contributed by atoms with E-state index in [0.29, 0.717) is 184 Å². The molecule has 32 nitrogen and oxygen atoms in total. The van der Waals surface area contributed by atoms with Crippen molar-refractivity contribution in [2.24, 2.45) is 5.41 Å². The maximum Gasteiger partial charge on any atom is 0.220 e. The summed E-state index contributed by atoms with van der Waals surface area (Å²) in [6, 6.07) is 0. The Bertz CT molecular complexity index is 1600. The van der Waals surface area contributed by atoms with Gasteiger partial charge in [0, 0.05) is 110 Å². The summed E-state index contributed by atoms with van der Waals surface area (Å²) in [4.78, 5) is 47.1. The van der Waals surface area contributed by atoms with E-state index in [9.17, 15) is 54.9 Å². The first-order valence-electron chi connectivity index (χ1n) is 34.5. The zero-order valence-corrected chi connectivity index (χ0v) is 58.2. The van der Waals surface area contributed by atoms with Gasteiger partial charge in [0.05, 0.1) is 138 Å². The van der Waals surface area contributed by atoms with E-state index in [1.807, 2.05) is 0 Å². The molecule has 574 valence electrons. The van der Waals surface area contributed by atoms with Crippen LogP contribution in [0.1, 0.15) is 129 Å². The van der Waals surface area contributed by atoms with Crippen LogP contribution in [0.4, 0.5) is 0 Å². The lowest BCUT2D eigenvalue weighted by Gasteiger charge is -2.32. The lowest BCUT2D eigenvalue weighted by atomic mass is 9.88. The third-order valence-corrected chi connectivity index (χ3v) is 14.4. The molecular weight excluding hydrogens is 1270 g/mol. The number of carbonyl (C=O) groups excluding carboxylic acids is 4. The second-order valence-corrected chi connectivity index (χ2v) is 22.9. The Hall–Kier alpha value is -3.08. The fourth-order valence-electron chi connectivity index (χ4n) is 8.30. The summed E-state index contributed by atoms with van der Waals surface area (Å²) in [6.45, 7) is 12.8. The first kappa shape index (κ1) is 97.1. The van der Waals surface area contributed by atoms with E-state index in [4.69, 9.17) is 73.3 Å². The minimum absolute atomic E-state index is 0.00993. The van der Waals surface area contributed by atoms with Gasteiger partial charge < -0.3 is 141 Å². The van der Waals surface area contributed by atoms with Crippen molar-refractivity contribution in [3.63, 3.8) is 0 Å². The summed E-state index contributed by atoms with van der Waals surface area (Å²) >= 11 is 0. The van der Waals surface area contributed by atoms with E-state index in [1.54, 1.807) is 7.11 Å². The molecule has 0 bridgehead atoms. The number of aliphatic hydroxyl groups excluding tert-OH is 13. The molecule has 0 aromatic carbocycles. The van der Waals surface area contributed by atoms with Crippen LogP contribution in [-0.4, -0.2) is 344 Å². The van der Waals surface area contributed by atoms with Crippen molar-refractivity contribution in [2.75, 3.05) is 205 Å². The summed E-state index contributed by atoms with van der Waals surface area (Å²) in [7, 11) is 1.57. The summed E-state index contributed by atoms with van der Waals surface area (Å²) < 4.78 is 50.1. The predicted octanol–water partition coefficient (Wildman–Crippen LogP) is -3.72. The molecule has 0 spiro atoms. The van der Waals surface area contributed by atoms with Gasteiger partial charge in [0.15, 0.2) is 0 Å². The highest BCUT2D eigenvalue weighted by Gasteiger charge is 2.32. The minimum Gasteiger partial charge on any atom is -0.396 e. The highest BCUT2D eigenvalue weighted by Crippen LogP contribution is 2.24. The molecule has 0 unspecified atom stereocenters. The molecule has 0 saturated carbocycles. The smallest absolute Gasteiger partial charge is 0.220 e. The number of amides is 4. The Labute approximate surface area is 570 Å². The Morgan fingerprint density at radius 1 is 0.333 bits per heavy atom. The van der Waals surface area contributed by atoms with Crippen molar-refractivity contribution in [3.05, 3.63) is 0 Å². The van der Waals surface area contributed by atoms with Crippen LogP contribution in [0.5, 0.6) is 0 Å². The van der Waals surface area contributed by atoms with E-state index < -0.39 is 62.0 Å². The SMILES string of the molecule is CCCCCCC(=O)NCCOCCOCC(CC)(COCCOCCNC(=O)CCCCCO)COCCOCCNC(=O)CCCCCO.COCCOCCNC[C@H](O)[C@@H](O)[C@@H](O)[C@@H](O)CO.O=C(CCCCCO)NCCOCCNC[C@H](O)[C@@H](O)[C@@H](O)[C@@H](O)CO. The molecule has 32 heteroatoms. The third kappa shape index (κ3) is 63.1. The van der Waals surface area contributed by atoms with Crippen molar-refractivity contribution >= 4 is 23.6 Å². The number of methoxy groups -OCH3 is 1. The second kappa shape index (κ2) is 73.1. The molecule has 0 heterocycles. The van der Waals surface area contributed by atoms with Gasteiger partial charge in [0.2, 0.25) is 23.6 Å². The molecule has 0 aromatic rings. The largest absolute Gasteiger partial charge is 0.396 e. The Morgan fingerprint density at radius 3 is 0.885 bits per heavy atom. The molecular formula is C64H132N6O26. The molecule has 0 aliphatic heterocycles. The molecule has 0 aromatic heterocycles. The van der Waals surface area contributed by atoms with Gasteiger partial charge in [0.25, 0.3) is 0 Å². The van der Waals surface area contributed by atoms with Crippen LogP contribution in [0, 0.1) is 5.41 Å². The molecule has 0 radical (unpaired) electrons. The topological polar surface area (TPSA) is 487 Å². The van der Waals surface area contributed by atoms with E-state index in [2.05, 4.69) is 45.7 Å². The molecule has 0 fully saturated rings. The third-order valence-electron chi connectivity index (χ3n) is 14.4. The molecule has 19 N–H and O–H groups in total. The molecule has 0 aliphatic carbocycles. The van der Waals surface area contributed by atoms with Gasteiger partial charge in [0.1, 0.15) is 36.6 Å². The Morgan fingerprint density at radius 2 is 0.604 bits per heavy atom. The molecule has 96 heavy (non-hydrogen) atoms. The van der Waals surface area contributed by atoms with E-state index in [0.717, 1.165) is 83.5 Å². The zero-order valence-electron chi connectivity index (χ0n) is 58.2. The average molecular weight is 1400 g/mol. The van der Waals surface area contributed by atoms with E-state index in [1.165, 1.54) is 0 Å². The summed E-state index contributed by atoms with van der Waals surface area (Å²) in [5.41, 5.74) is -0.389. The fraction of sp³-hybridized carbons (Fsp3) is 0.938. The van der Waals surface area contributed by atoms with Crippen LogP contribution in [-0.2, 0) is 61.8 Å². The number of unbranched alkanes of at least 4 members (excludes halogenated alkanes) is 9. The number of aliphatic hydroxyl groups is 13. The second-order valence-electron chi connectivity index (χ2n) is 22.9. The molecule has 0 saturated heterocycles. The van der Waals surface area contributed by atoms with Crippen LogP contribution in [0.25, 0.3) is 0 Å². The normalized spacial score (nSPS) is 14.0. The van der Waals surface area contributed by atoms with Crippen molar-refractivity contribution < 1.29 is 128 Å². The Balaban J connectivity index is -0.00000158. The van der Waals surface area contributed by atoms with Gasteiger partial charge in [-0.05, 0) is 51.4 Å². The van der Waals surface area contributed by atoms with Crippen molar-refractivity contribution in [1.82, 2.24) is 31.9 Å². The first-order valence-corrected chi connectivity index (χ1v) is 34.5. The van der Waals surface area contributed by atoms with E-state index in [-0.39, 0.29) is 62.0 Å². The lowest BCUT2D eigenvalue weighted by molar-refractivity contribution is -0.122. The first-order chi connectivity index (χ1) is 46.4. The fourth-order valence-corrected chi connectivity index (χ4v) is 8.30. The van der Waals surface area contributed by atoms with Crippen molar-refractivity contribution in [1.29, 1.82) is 0 Å². The predicted molar refractivity (Wildman–Crippen MR) is 357 cm³/mol. The number of nitrogens with one attached hydrogen (secondary N) is 6. The maximum absolute atomic E-state index is 11.9. The molecule has 8 atom stereocenters. The number of rotatable bonds is 69. The van der Waals surface area contributed by atoms with Gasteiger partial charge in [-0.25, -0.2) is 0 Å². The van der Waals surface area contributed by atoms with Gasteiger partial charge in [-0.2, -0.15) is 0 Å². The summed E-state index contributed by atoms with van der Waals surface area (Å²) in [5, 5.41) is 136. The lowest BCUT2D eigenvalue weighted by Crippen LogP contribution is -2.49. The van der Waals surface area contributed by atoms with E-state index >= 15 is 0 Å². The van der Waals surface area contributed by atoms with Crippen LogP contribution in [0.2, 0.25) is 0 Å². The van der Waals surface area contributed by atoms with Crippen LogP contribution in [0.15, 0.2) is 0 Å². The van der Waals surface area contributed by atoms with Crippen LogP contribution < -0.4 is 31.9 Å². The number of hydrogen-bond acceptors (Lipinski definition) is 28. The minimum atomic E-state index is -1.64. The quantitative estimate of drug-likeness (QED) is 0.0260. The van der Waals surface area contributed by atoms with Gasteiger partial charge in [-0.15, -0.1) is 0 Å². The van der Waals surface area contributed by atoms with Gasteiger partial charge >= 0.3 is 0 Å². The maximum atomic E-state index is 11.9.